The molecule has 0 heterocycles. The molecule has 1 aromatic rings. The van der Waals surface area contributed by atoms with Crippen LogP contribution < -0.4 is 16.6 Å². The van der Waals surface area contributed by atoms with Gasteiger partial charge in [-0.3, -0.25) is 10.4 Å². The summed E-state index contributed by atoms with van der Waals surface area (Å²) >= 11 is 0. The van der Waals surface area contributed by atoms with E-state index in [1.165, 1.54) is 5.56 Å². The van der Waals surface area contributed by atoms with Gasteiger partial charge in [0.25, 0.3) is 0 Å². The number of aliphatic imine (C=N–C) groups is 1. The van der Waals surface area contributed by atoms with Crippen LogP contribution in [-0.4, -0.2) is 12.5 Å². The van der Waals surface area contributed by atoms with Crippen LogP contribution in [0.3, 0.4) is 0 Å². The Kier molecular flexibility index (Phi) is 6.10. The largest absolute Gasteiger partial charge is 0.325 e. The van der Waals surface area contributed by atoms with Crippen LogP contribution in [0.25, 0.3) is 0 Å². The maximum Gasteiger partial charge on any atom is 0.210 e. The van der Waals surface area contributed by atoms with E-state index < -0.39 is 0 Å². The molecule has 0 amide bonds. The fraction of sp³-hybridized carbons (Fsp3) is 0.462. The Morgan fingerprint density at radius 2 is 2.06 bits per heavy atom. The van der Waals surface area contributed by atoms with Gasteiger partial charge in [0.1, 0.15) is 0 Å². The number of nitrogens with two attached hydrogens (primary N) is 1. The van der Waals surface area contributed by atoms with Crippen LogP contribution in [-0.2, 0) is 6.42 Å². The molecule has 4 heteroatoms. The monoisotopic (exact) mass is 234 g/mol. The molecule has 0 saturated carbocycles. The molecular weight excluding hydrogens is 212 g/mol. The molecule has 4 N–H and O–H groups in total. The maximum atomic E-state index is 5.45. The van der Waals surface area contributed by atoms with Gasteiger partial charge in [-0.2, -0.15) is 0 Å². The summed E-state index contributed by atoms with van der Waals surface area (Å²) in [6.07, 6.45) is 3.19. The van der Waals surface area contributed by atoms with Gasteiger partial charge in [-0.05, 0) is 24.5 Å². The zero-order valence-electron chi connectivity index (χ0n) is 10.7. The Morgan fingerprint density at radius 3 is 2.71 bits per heavy atom. The SMILES string of the molecule is CCCCN=C(NN)Nc1ccccc1CC. The van der Waals surface area contributed by atoms with Crippen LogP contribution in [0.4, 0.5) is 5.69 Å². The Morgan fingerprint density at radius 1 is 1.29 bits per heavy atom. The fourth-order valence-corrected chi connectivity index (χ4v) is 1.55. The molecule has 0 aliphatic heterocycles. The molecule has 1 rings (SSSR count). The highest BCUT2D eigenvalue weighted by molar-refractivity contribution is 5.93. The number of hydrogen-bond acceptors (Lipinski definition) is 2. The third kappa shape index (κ3) is 4.44. The van der Waals surface area contributed by atoms with Crippen molar-refractivity contribution in [3.8, 4) is 0 Å². The van der Waals surface area contributed by atoms with Gasteiger partial charge in [-0.1, -0.05) is 38.5 Å². The van der Waals surface area contributed by atoms with E-state index in [1.54, 1.807) is 0 Å². The highest BCUT2D eigenvalue weighted by atomic mass is 15.3. The van der Waals surface area contributed by atoms with Gasteiger partial charge in [0.2, 0.25) is 5.96 Å². The molecule has 1 aromatic carbocycles. The number of hydrogen-bond donors (Lipinski definition) is 3. The molecule has 0 radical (unpaired) electrons. The summed E-state index contributed by atoms with van der Waals surface area (Å²) in [5.41, 5.74) is 4.91. The predicted molar refractivity (Wildman–Crippen MR) is 74.0 cm³/mol. The molecule has 94 valence electrons. The Balaban J connectivity index is 2.69. The number of aryl methyl sites for hydroxylation is 1. The van der Waals surface area contributed by atoms with E-state index in [0.717, 1.165) is 31.5 Å². The highest BCUT2D eigenvalue weighted by Gasteiger charge is 2.01. The van der Waals surface area contributed by atoms with Gasteiger partial charge in [-0.15, -0.1) is 0 Å². The number of rotatable bonds is 5. The van der Waals surface area contributed by atoms with E-state index in [-0.39, 0.29) is 0 Å². The highest BCUT2D eigenvalue weighted by Crippen LogP contribution is 2.14. The molecule has 0 bridgehead atoms. The first-order chi connectivity index (χ1) is 8.31. The van der Waals surface area contributed by atoms with E-state index in [4.69, 9.17) is 5.84 Å². The van der Waals surface area contributed by atoms with Gasteiger partial charge >= 0.3 is 0 Å². The zero-order valence-corrected chi connectivity index (χ0v) is 10.7. The van der Waals surface area contributed by atoms with E-state index >= 15 is 0 Å². The van der Waals surface area contributed by atoms with Gasteiger partial charge in [0, 0.05) is 12.2 Å². The molecule has 4 nitrogen and oxygen atoms in total. The molecule has 17 heavy (non-hydrogen) atoms. The van der Waals surface area contributed by atoms with Crippen molar-refractivity contribution >= 4 is 11.6 Å². The van der Waals surface area contributed by atoms with Crippen molar-refractivity contribution in [1.29, 1.82) is 0 Å². The predicted octanol–water partition coefficient (Wildman–Crippen LogP) is 2.28. The van der Waals surface area contributed by atoms with Gasteiger partial charge < -0.3 is 5.32 Å². The van der Waals surface area contributed by atoms with Crippen LogP contribution in [0.2, 0.25) is 0 Å². The zero-order chi connectivity index (χ0) is 12.5. The van der Waals surface area contributed by atoms with Gasteiger partial charge in [0.05, 0.1) is 0 Å². The van der Waals surface area contributed by atoms with Crippen molar-refractivity contribution in [3.05, 3.63) is 29.8 Å². The summed E-state index contributed by atoms with van der Waals surface area (Å²) in [6, 6.07) is 8.17. The molecule has 0 aliphatic rings. The van der Waals surface area contributed by atoms with Crippen LogP contribution in [0.15, 0.2) is 29.3 Å². The summed E-state index contributed by atoms with van der Waals surface area (Å²) < 4.78 is 0. The Bertz CT molecular complexity index is 360. The number of hydrazine groups is 1. The molecular formula is C13H22N4. The van der Waals surface area contributed by atoms with Crippen LogP contribution in [0.1, 0.15) is 32.3 Å². The lowest BCUT2D eigenvalue weighted by Crippen LogP contribution is -2.36. The van der Waals surface area contributed by atoms with Crippen molar-refractivity contribution in [2.24, 2.45) is 10.8 Å². The van der Waals surface area contributed by atoms with E-state index in [1.807, 2.05) is 18.2 Å². The van der Waals surface area contributed by atoms with Crippen molar-refractivity contribution < 1.29 is 0 Å². The normalized spacial score (nSPS) is 11.4. The topological polar surface area (TPSA) is 62.4 Å². The first kappa shape index (κ1) is 13.5. The second-order valence-electron chi connectivity index (χ2n) is 3.86. The molecule has 0 aliphatic carbocycles. The summed E-state index contributed by atoms with van der Waals surface area (Å²) in [5, 5.41) is 3.22. The first-order valence-electron chi connectivity index (χ1n) is 6.17. The van der Waals surface area contributed by atoms with Crippen molar-refractivity contribution in [2.75, 3.05) is 11.9 Å². The smallest absolute Gasteiger partial charge is 0.210 e. The minimum Gasteiger partial charge on any atom is -0.325 e. The second-order valence-corrected chi connectivity index (χ2v) is 3.86. The first-order valence-corrected chi connectivity index (χ1v) is 6.17. The van der Waals surface area contributed by atoms with Crippen LogP contribution in [0.5, 0.6) is 0 Å². The van der Waals surface area contributed by atoms with E-state index in [2.05, 4.69) is 35.6 Å². The second kappa shape index (κ2) is 7.68. The molecule has 0 aromatic heterocycles. The van der Waals surface area contributed by atoms with Crippen molar-refractivity contribution in [3.63, 3.8) is 0 Å². The number of nitrogens with one attached hydrogen (secondary N) is 2. The molecule has 0 unspecified atom stereocenters. The average Bonchev–Trinajstić information content (AvgIpc) is 2.38. The van der Waals surface area contributed by atoms with Crippen molar-refractivity contribution in [2.45, 2.75) is 33.1 Å². The third-order valence-electron chi connectivity index (χ3n) is 2.57. The standard InChI is InChI=1S/C13H22N4/c1-3-5-10-15-13(17-14)16-12-9-7-6-8-11(12)4-2/h6-9H,3-5,10,14H2,1-2H3,(H2,15,16,17). The van der Waals surface area contributed by atoms with Crippen LogP contribution in [0, 0.1) is 0 Å². The molecule has 0 atom stereocenters. The minimum absolute atomic E-state index is 0.624. The van der Waals surface area contributed by atoms with E-state index in [0.29, 0.717) is 5.96 Å². The summed E-state index contributed by atoms with van der Waals surface area (Å²) in [6.45, 7) is 5.06. The summed E-state index contributed by atoms with van der Waals surface area (Å²) in [4.78, 5) is 4.37. The summed E-state index contributed by atoms with van der Waals surface area (Å²) in [5.74, 6) is 6.08. The number of nitrogens with zero attached hydrogens (tertiary/aromatic N) is 1. The van der Waals surface area contributed by atoms with E-state index in [9.17, 15) is 0 Å². The minimum atomic E-state index is 0.624. The molecule has 0 fully saturated rings. The average molecular weight is 234 g/mol. The van der Waals surface area contributed by atoms with Crippen LogP contribution >= 0.6 is 0 Å². The molecule has 0 spiro atoms. The lowest BCUT2D eigenvalue weighted by molar-refractivity contribution is 0.801. The van der Waals surface area contributed by atoms with Gasteiger partial charge in [-0.25, -0.2) is 5.84 Å². The Labute approximate surface area is 103 Å². The number of unbranched alkanes of at least 4 members (excludes halogenated alkanes) is 1. The Hall–Kier alpha value is -1.55. The number of benzene rings is 1. The quantitative estimate of drug-likeness (QED) is 0.241. The third-order valence-corrected chi connectivity index (χ3v) is 2.57. The summed E-state index contributed by atoms with van der Waals surface area (Å²) in [7, 11) is 0. The lowest BCUT2D eigenvalue weighted by atomic mass is 10.1. The lowest BCUT2D eigenvalue weighted by Gasteiger charge is -2.12. The molecule has 0 saturated heterocycles. The number of para-hydroxylation sites is 1. The number of guanidine groups is 1. The van der Waals surface area contributed by atoms with Crippen molar-refractivity contribution in [1.82, 2.24) is 5.43 Å². The van der Waals surface area contributed by atoms with Gasteiger partial charge in [0.15, 0.2) is 0 Å². The maximum absolute atomic E-state index is 5.45. The fourth-order valence-electron chi connectivity index (χ4n) is 1.55. The number of anilines is 1.